The lowest BCUT2D eigenvalue weighted by molar-refractivity contribution is 0.0966. The Bertz CT molecular complexity index is 1170. The van der Waals surface area contributed by atoms with Crippen molar-refractivity contribution in [3.05, 3.63) is 65.5 Å². The van der Waals surface area contributed by atoms with Crippen molar-refractivity contribution in [3.8, 4) is 11.3 Å². The van der Waals surface area contributed by atoms with Crippen LogP contribution < -0.4 is 15.5 Å². The van der Waals surface area contributed by atoms with Gasteiger partial charge in [0.2, 0.25) is 0 Å². The zero-order valence-electron chi connectivity index (χ0n) is 19.4. The average molecular weight is 468 g/mol. The number of aromatic nitrogens is 2. The van der Waals surface area contributed by atoms with E-state index in [0.717, 1.165) is 12.2 Å². The Morgan fingerprint density at radius 2 is 1.91 bits per heavy atom. The molecule has 0 spiro atoms. The van der Waals surface area contributed by atoms with E-state index in [-0.39, 0.29) is 29.8 Å². The van der Waals surface area contributed by atoms with Gasteiger partial charge in [0.15, 0.2) is 0 Å². The molecule has 2 aromatic heterocycles. The molecule has 0 saturated carbocycles. The first-order chi connectivity index (χ1) is 16.5. The van der Waals surface area contributed by atoms with Crippen molar-refractivity contribution in [2.45, 2.75) is 33.4 Å². The van der Waals surface area contributed by atoms with Gasteiger partial charge in [0.1, 0.15) is 17.5 Å². The third-order valence-electron chi connectivity index (χ3n) is 5.67. The number of ether oxygens (including phenoxy) is 1. The first-order valence-corrected chi connectivity index (χ1v) is 11.3. The molecule has 7 nitrogen and oxygen atoms in total. The largest absolute Gasteiger partial charge is 0.377 e. The lowest BCUT2D eigenvalue weighted by Gasteiger charge is -2.35. The maximum absolute atomic E-state index is 14.4. The highest BCUT2D eigenvalue weighted by atomic mass is 19.1. The number of hydrogen-bond donors (Lipinski definition) is 2. The highest BCUT2D eigenvalue weighted by Gasteiger charge is 2.27. The van der Waals surface area contributed by atoms with Crippen LogP contribution in [0.4, 0.5) is 26.0 Å². The number of carbonyl (C=O) groups excluding carboxylic acids is 1. The molecule has 0 aliphatic carbocycles. The second-order valence-electron chi connectivity index (χ2n) is 7.80. The second-order valence-corrected chi connectivity index (χ2v) is 7.80. The number of nitrogens with one attached hydrogen (secondary N) is 2. The molecule has 2 aliphatic heterocycles. The summed E-state index contributed by atoms with van der Waals surface area (Å²) in [7, 11) is 0. The van der Waals surface area contributed by atoms with Gasteiger partial charge in [-0.15, -0.1) is 0 Å². The molecule has 5 rings (SSSR count). The van der Waals surface area contributed by atoms with Gasteiger partial charge in [0.25, 0.3) is 5.91 Å². The predicted octanol–water partition coefficient (Wildman–Crippen LogP) is 4.66. The maximum Gasteiger partial charge on any atom is 0.255 e. The van der Waals surface area contributed by atoms with Crippen molar-refractivity contribution in [2.75, 3.05) is 30.0 Å². The van der Waals surface area contributed by atoms with Crippen LogP contribution in [0.1, 0.15) is 36.8 Å². The van der Waals surface area contributed by atoms with E-state index in [1.54, 1.807) is 12.3 Å². The highest BCUT2D eigenvalue weighted by Crippen LogP contribution is 2.33. The van der Waals surface area contributed by atoms with E-state index in [0.29, 0.717) is 36.0 Å². The summed E-state index contributed by atoms with van der Waals surface area (Å²) in [6.07, 6.45) is 1.75. The molecule has 0 bridgehead atoms. The van der Waals surface area contributed by atoms with Crippen LogP contribution in [0, 0.1) is 11.6 Å². The number of carbonyl (C=O) groups is 1. The van der Waals surface area contributed by atoms with Crippen molar-refractivity contribution in [1.29, 1.82) is 0 Å². The summed E-state index contributed by atoms with van der Waals surface area (Å²) >= 11 is 0. The number of anilines is 3. The molecule has 1 saturated heterocycles. The molecular formula is C25H27F2N5O2. The zero-order valence-corrected chi connectivity index (χ0v) is 19.4. The Kier molecular flexibility index (Phi) is 7.02. The van der Waals surface area contributed by atoms with E-state index in [1.165, 1.54) is 24.3 Å². The molecule has 2 N–H and O–H groups in total. The van der Waals surface area contributed by atoms with Crippen LogP contribution in [0.15, 0.2) is 42.6 Å². The van der Waals surface area contributed by atoms with Crippen LogP contribution in [-0.4, -0.2) is 41.7 Å². The van der Waals surface area contributed by atoms with Crippen LogP contribution >= 0.6 is 0 Å². The maximum atomic E-state index is 14.4. The lowest BCUT2D eigenvalue weighted by Crippen LogP contribution is -2.43. The van der Waals surface area contributed by atoms with Crippen LogP contribution in [0.2, 0.25) is 0 Å². The summed E-state index contributed by atoms with van der Waals surface area (Å²) < 4.78 is 34.2. The van der Waals surface area contributed by atoms with Gasteiger partial charge >= 0.3 is 0 Å². The van der Waals surface area contributed by atoms with Gasteiger partial charge in [0, 0.05) is 12.6 Å². The summed E-state index contributed by atoms with van der Waals surface area (Å²) in [5.41, 5.74) is 2.01. The number of pyridine rings is 2. The quantitative estimate of drug-likeness (QED) is 0.581. The normalized spacial score (nSPS) is 16.9. The minimum atomic E-state index is -0.720. The van der Waals surface area contributed by atoms with Gasteiger partial charge in [-0.25, -0.2) is 18.7 Å². The Labute approximate surface area is 197 Å². The van der Waals surface area contributed by atoms with Crippen molar-refractivity contribution in [3.63, 3.8) is 0 Å². The number of morpholine rings is 1. The van der Waals surface area contributed by atoms with E-state index in [9.17, 15) is 13.6 Å². The number of amides is 1. The molecular weight excluding hydrogens is 440 g/mol. The highest BCUT2D eigenvalue weighted by molar-refractivity contribution is 6.04. The van der Waals surface area contributed by atoms with Gasteiger partial charge in [-0.3, -0.25) is 4.79 Å². The molecule has 178 valence electrons. The van der Waals surface area contributed by atoms with Crippen molar-refractivity contribution >= 4 is 23.1 Å². The molecule has 4 heterocycles. The van der Waals surface area contributed by atoms with Crippen LogP contribution in [0.25, 0.3) is 11.3 Å². The molecule has 1 unspecified atom stereocenters. The molecule has 1 atom stereocenters. The summed E-state index contributed by atoms with van der Waals surface area (Å²) in [5.74, 6) is -1.23. The van der Waals surface area contributed by atoms with E-state index in [1.807, 2.05) is 19.9 Å². The zero-order chi connectivity index (χ0) is 24.2. The predicted molar refractivity (Wildman–Crippen MR) is 127 cm³/mol. The number of nitrogens with zero attached hydrogens (tertiary/aromatic N) is 3. The van der Waals surface area contributed by atoms with Gasteiger partial charge in [-0.2, -0.15) is 0 Å². The Morgan fingerprint density at radius 1 is 1.15 bits per heavy atom. The topological polar surface area (TPSA) is 79.4 Å². The molecule has 9 heteroatoms. The van der Waals surface area contributed by atoms with Gasteiger partial charge in [-0.1, -0.05) is 19.9 Å². The lowest BCUT2D eigenvalue weighted by atomic mass is 10.1. The number of rotatable bonds is 4. The number of fused-ring (bicyclic) bond motifs is 1. The van der Waals surface area contributed by atoms with Crippen LogP contribution in [-0.2, 0) is 11.3 Å². The molecule has 34 heavy (non-hydrogen) atoms. The van der Waals surface area contributed by atoms with E-state index in [2.05, 4.69) is 32.4 Å². The van der Waals surface area contributed by atoms with Gasteiger partial charge in [0.05, 0.1) is 59.8 Å². The fourth-order valence-corrected chi connectivity index (χ4v) is 4.08. The SMILES string of the molecule is CC.CC1COCCN1c1ccc(Nc2cc(-c3c(F)cccc3F)nc3c2C(=O)NC3)nc1. The minimum Gasteiger partial charge on any atom is -0.377 e. The average Bonchev–Trinajstić information content (AvgIpc) is 3.22. The smallest absolute Gasteiger partial charge is 0.255 e. The summed E-state index contributed by atoms with van der Waals surface area (Å²) in [6, 6.07) is 9.12. The Morgan fingerprint density at radius 3 is 2.59 bits per heavy atom. The summed E-state index contributed by atoms with van der Waals surface area (Å²) in [5, 5.41) is 5.83. The first-order valence-electron chi connectivity index (χ1n) is 11.3. The van der Waals surface area contributed by atoms with Crippen molar-refractivity contribution in [2.24, 2.45) is 0 Å². The fraction of sp³-hybridized carbons (Fsp3) is 0.320. The Balaban J connectivity index is 0.00000133. The van der Waals surface area contributed by atoms with Gasteiger partial charge < -0.3 is 20.3 Å². The van der Waals surface area contributed by atoms with E-state index < -0.39 is 11.6 Å². The third kappa shape index (κ3) is 4.56. The van der Waals surface area contributed by atoms with Crippen LogP contribution in [0.3, 0.4) is 0 Å². The third-order valence-corrected chi connectivity index (χ3v) is 5.67. The molecule has 2 aliphatic rings. The second kappa shape index (κ2) is 10.1. The monoisotopic (exact) mass is 467 g/mol. The molecule has 1 aromatic carbocycles. The number of benzene rings is 1. The van der Waals surface area contributed by atoms with Crippen molar-refractivity contribution < 1.29 is 18.3 Å². The van der Waals surface area contributed by atoms with Crippen molar-refractivity contribution in [1.82, 2.24) is 15.3 Å². The number of halogens is 2. The summed E-state index contributed by atoms with van der Waals surface area (Å²) in [6.45, 7) is 8.39. The van der Waals surface area contributed by atoms with E-state index in [4.69, 9.17) is 4.74 Å². The molecule has 1 fully saturated rings. The summed E-state index contributed by atoms with van der Waals surface area (Å²) in [4.78, 5) is 23.4. The Hall–Kier alpha value is -3.59. The van der Waals surface area contributed by atoms with Gasteiger partial charge in [-0.05, 0) is 37.3 Å². The molecule has 0 radical (unpaired) electrons. The first kappa shape index (κ1) is 23.6. The fourth-order valence-electron chi connectivity index (χ4n) is 4.08. The molecule has 1 amide bonds. The standard InChI is InChI=1S/C23H21F2N5O2.C2H6/c1-13-12-32-8-7-30(13)14-5-6-20(26-10-14)29-18-9-17(21-15(24)3-2-4-16(21)25)28-19-11-27-23(31)22(18)19;1-2/h2-6,9-10,13H,7-8,11-12H2,1H3,(H,27,31)(H,26,28,29);1-2H3. The number of hydrogen-bond acceptors (Lipinski definition) is 6. The molecule has 3 aromatic rings. The minimum absolute atomic E-state index is 0.108. The van der Waals surface area contributed by atoms with Crippen LogP contribution in [0.5, 0.6) is 0 Å². The van der Waals surface area contributed by atoms with E-state index >= 15 is 0 Å².